The highest BCUT2D eigenvalue weighted by atomic mass is 15.1. The van der Waals surface area contributed by atoms with E-state index in [0.717, 1.165) is 57.1 Å². The fraction of sp³-hybridized carbons (Fsp3) is 0.0968. The molecule has 0 amide bonds. The van der Waals surface area contributed by atoms with Crippen LogP contribution >= 0.6 is 0 Å². The van der Waals surface area contributed by atoms with Crippen LogP contribution in [-0.2, 0) is 13.0 Å². The van der Waals surface area contributed by atoms with Crippen LogP contribution in [0.3, 0.4) is 0 Å². The third kappa shape index (κ3) is 4.02. The second-order valence-electron chi connectivity index (χ2n) is 8.19. The topological polar surface area (TPSA) is 41.6 Å². The Morgan fingerprint density at radius 3 is 2.00 bits per heavy atom. The number of nitrogens with zero attached hydrogens (tertiary/aromatic N) is 3. The van der Waals surface area contributed by atoms with Crippen molar-refractivity contribution in [2.24, 2.45) is 0 Å². The highest BCUT2D eigenvalue weighted by Crippen LogP contribution is 2.39. The lowest BCUT2D eigenvalue weighted by atomic mass is 9.97. The van der Waals surface area contributed by atoms with Gasteiger partial charge in [-0.25, -0.2) is 4.98 Å². The summed E-state index contributed by atoms with van der Waals surface area (Å²) in [6, 6.07) is 39.8. The van der Waals surface area contributed by atoms with Gasteiger partial charge in [0.1, 0.15) is 5.82 Å². The molecule has 0 aliphatic heterocycles. The van der Waals surface area contributed by atoms with Gasteiger partial charge in [-0.3, -0.25) is 0 Å². The molecule has 164 valence electrons. The van der Waals surface area contributed by atoms with Crippen molar-refractivity contribution < 1.29 is 0 Å². The predicted octanol–water partition coefficient (Wildman–Crippen LogP) is 7.64. The Hall–Kier alpha value is -4.42. The fourth-order valence-corrected chi connectivity index (χ4v) is 4.52. The van der Waals surface area contributed by atoms with Crippen molar-refractivity contribution in [3.05, 3.63) is 115 Å². The summed E-state index contributed by atoms with van der Waals surface area (Å²) < 4.78 is 2.32. The zero-order valence-corrected chi connectivity index (χ0v) is 19.1. The maximum atomic E-state index is 9.17. The quantitative estimate of drug-likeness (QED) is 0.273. The molecule has 34 heavy (non-hydrogen) atoms. The molecule has 0 saturated heterocycles. The molecular formula is C31H25N3. The normalized spacial score (nSPS) is 10.7. The molecule has 1 heterocycles. The van der Waals surface area contributed by atoms with E-state index >= 15 is 0 Å². The summed E-state index contributed by atoms with van der Waals surface area (Å²) in [5, 5.41) is 9.17. The molecule has 5 rings (SSSR count). The van der Waals surface area contributed by atoms with E-state index in [1.165, 1.54) is 0 Å². The van der Waals surface area contributed by atoms with Gasteiger partial charge in [-0.1, -0.05) is 109 Å². The first kappa shape index (κ1) is 21.4. The standard InChI is InChI=1S/C31H25N3/c1-2-34-30(25-15-7-4-8-16-25)29(24-13-5-3-6-14-24)33-31(34)28-19-10-9-18-27(28)26-17-11-12-23(22-26)20-21-32/h3-19,22H,2,20H2,1H3. The van der Waals surface area contributed by atoms with Crippen molar-refractivity contribution in [2.75, 3.05) is 0 Å². The van der Waals surface area contributed by atoms with Gasteiger partial charge in [0.15, 0.2) is 0 Å². The summed E-state index contributed by atoms with van der Waals surface area (Å²) in [6.45, 7) is 2.96. The Bertz CT molecular complexity index is 1460. The van der Waals surface area contributed by atoms with Crippen LogP contribution in [0.25, 0.3) is 45.0 Å². The Morgan fingerprint density at radius 1 is 0.706 bits per heavy atom. The molecule has 5 aromatic rings. The lowest BCUT2D eigenvalue weighted by Gasteiger charge is -2.14. The monoisotopic (exact) mass is 439 g/mol. The van der Waals surface area contributed by atoms with Crippen LogP contribution in [-0.4, -0.2) is 9.55 Å². The van der Waals surface area contributed by atoms with E-state index in [4.69, 9.17) is 10.2 Å². The van der Waals surface area contributed by atoms with Crippen LogP contribution in [0.2, 0.25) is 0 Å². The second kappa shape index (κ2) is 9.60. The average molecular weight is 440 g/mol. The van der Waals surface area contributed by atoms with Crippen LogP contribution < -0.4 is 0 Å². The molecule has 0 bridgehead atoms. The summed E-state index contributed by atoms with van der Waals surface area (Å²) in [7, 11) is 0. The first-order chi connectivity index (χ1) is 16.8. The number of hydrogen-bond acceptors (Lipinski definition) is 2. The molecule has 4 aromatic carbocycles. The first-order valence-electron chi connectivity index (χ1n) is 11.6. The summed E-state index contributed by atoms with van der Waals surface area (Å²) in [5.41, 5.74) is 8.66. The van der Waals surface area contributed by atoms with Gasteiger partial charge in [0.05, 0.1) is 23.9 Å². The molecule has 0 atom stereocenters. The molecule has 3 nitrogen and oxygen atoms in total. The van der Waals surface area contributed by atoms with E-state index < -0.39 is 0 Å². The molecule has 0 aliphatic rings. The van der Waals surface area contributed by atoms with Crippen molar-refractivity contribution in [3.8, 4) is 51.1 Å². The minimum atomic E-state index is 0.399. The molecule has 3 heteroatoms. The van der Waals surface area contributed by atoms with Gasteiger partial charge in [0, 0.05) is 23.2 Å². The smallest absolute Gasteiger partial charge is 0.141 e. The van der Waals surface area contributed by atoms with Gasteiger partial charge in [-0.2, -0.15) is 5.26 Å². The van der Waals surface area contributed by atoms with Crippen LogP contribution in [0.1, 0.15) is 12.5 Å². The molecule has 0 spiro atoms. The lowest BCUT2D eigenvalue weighted by molar-refractivity contribution is 0.778. The summed E-state index contributed by atoms with van der Waals surface area (Å²) in [6.07, 6.45) is 0.399. The van der Waals surface area contributed by atoms with Gasteiger partial charge in [-0.15, -0.1) is 0 Å². The molecule has 0 N–H and O–H groups in total. The number of imidazole rings is 1. The highest BCUT2D eigenvalue weighted by molar-refractivity contribution is 5.87. The third-order valence-corrected chi connectivity index (χ3v) is 6.07. The molecule has 0 unspecified atom stereocenters. The van der Waals surface area contributed by atoms with E-state index in [9.17, 15) is 0 Å². The van der Waals surface area contributed by atoms with E-state index in [2.05, 4.69) is 102 Å². The second-order valence-corrected chi connectivity index (χ2v) is 8.19. The predicted molar refractivity (Wildman–Crippen MR) is 139 cm³/mol. The van der Waals surface area contributed by atoms with E-state index in [1.54, 1.807) is 0 Å². The van der Waals surface area contributed by atoms with Crippen LogP contribution in [0, 0.1) is 11.3 Å². The summed E-state index contributed by atoms with van der Waals surface area (Å²) >= 11 is 0. The Morgan fingerprint density at radius 2 is 1.32 bits per heavy atom. The Kier molecular flexibility index (Phi) is 6.05. The maximum absolute atomic E-state index is 9.17. The average Bonchev–Trinajstić information content (AvgIpc) is 3.30. The van der Waals surface area contributed by atoms with Gasteiger partial charge >= 0.3 is 0 Å². The summed E-state index contributed by atoms with van der Waals surface area (Å²) in [5.74, 6) is 0.946. The molecule has 0 saturated carbocycles. The van der Waals surface area contributed by atoms with E-state index in [-0.39, 0.29) is 0 Å². The largest absolute Gasteiger partial charge is 0.324 e. The minimum Gasteiger partial charge on any atom is -0.324 e. The third-order valence-electron chi connectivity index (χ3n) is 6.07. The van der Waals surface area contributed by atoms with Gasteiger partial charge in [0.2, 0.25) is 0 Å². The van der Waals surface area contributed by atoms with Crippen molar-refractivity contribution in [1.82, 2.24) is 9.55 Å². The van der Waals surface area contributed by atoms with Crippen molar-refractivity contribution in [1.29, 1.82) is 5.26 Å². The number of rotatable bonds is 6. The number of benzene rings is 4. The van der Waals surface area contributed by atoms with Crippen molar-refractivity contribution in [2.45, 2.75) is 19.9 Å². The number of hydrogen-bond donors (Lipinski definition) is 0. The maximum Gasteiger partial charge on any atom is 0.141 e. The fourth-order valence-electron chi connectivity index (χ4n) is 4.52. The van der Waals surface area contributed by atoms with Gasteiger partial charge in [0.25, 0.3) is 0 Å². The summed E-state index contributed by atoms with van der Waals surface area (Å²) in [4.78, 5) is 5.25. The van der Waals surface area contributed by atoms with Gasteiger partial charge < -0.3 is 4.57 Å². The van der Waals surface area contributed by atoms with Crippen molar-refractivity contribution >= 4 is 0 Å². The van der Waals surface area contributed by atoms with E-state index in [0.29, 0.717) is 6.42 Å². The molecule has 0 aliphatic carbocycles. The molecule has 0 fully saturated rings. The van der Waals surface area contributed by atoms with Crippen LogP contribution in [0.15, 0.2) is 109 Å². The molecule has 1 aromatic heterocycles. The van der Waals surface area contributed by atoms with Crippen LogP contribution in [0.5, 0.6) is 0 Å². The van der Waals surface area contributed by atoms with Crippen molar-refractivity contribution in [3.63, 3.8) is 0 Å². The zero-order valence-electron chi connectivity index (χ0n) is 19.1. The highest BCUT2D eigenvalue weighted by Gasteiger charge is 2.22. The SMILES string of the molecule is CCn1c(-c2ccccc2-c2cccc(CC#N)c2)nc(-c2ccccc2)c1-c1ccccc1. The lowest BCUT2D eigenvalue weighted by Crippen LogP contribution is -2.01. The molecule has 0 radical (unpaired) electrons. The van der Waals surface area contributed by atoms with E-state index in [1.807, 2.05) is 24.3 Å². The number of aromatic nitrogens is 2. The number of nitriles is 1. The van der Waals surface area contributed by atoms with Crippen LogP contribution in [0.4, 0.5) is 0 Å². The van der Waals surface area contributed by atoms with Gasteiger partial charge in [-0.05, 0) is 23.6 Å². The zero-order chi connectivity index (χ0) is 23.3. The first-order valence-corrected chi connectivity index (χ1v) is 11.6. The minimum absolute atomic E-state index is 0.399. The Balaban J connectivity index is 1.76. The molecular weight excluding hydrogens is 414 g/mol. The Labute approximate surface area is 200 Å².